The summed E-state index contributed by atoms with van der Waals surface area (Å²) in [7, 11) is 0. The lowest BCUT2D eigenvalue weighted by Crippen LogP contribution is -2.17. The summed E-state index contributed by atoms with van der Waals surface area (Å²) in [5.41, 5.74) is 5.57. The maximum absolute atomic E-state index is 8.84. The Morgan fingerprint density at radius 2 is 2.20 bits per heavy atom. The number of hydrogen-bond donors (Lipinski definition) is 2. The van der Waals surface area contributed by atoms with Crippen LogP contribution in [-0.2, 0) is 4.74 Å². The van der Waals surface area contributed by atoms with E-state index in [-0.39, 0.29) is 6.61 Å². The van der Waals surface area contributed by atoms with Crippen molar-refractivity contribution in [3.05, 3.63) is 11.7 Å². The average Bonchev–Trinajstić information content (AvgIpc) is 2.78. The van der Waals surface area contributed by atoms with Crippen LogP contribution in [-0.4, -0.2) is 35.1 Å². The van der Waals surface area contributed by atoms with E-state index in [0.29, 0.717) is 17.6 Å². The van der Waals surface area contributed by atoms with E-state index in [4.69, 9.17) is 20.1 Å². The smallest absolute Gasteiger partial charge is 0.245 e. The van der Waals surface area contributed by atoms with Crippen LogP contribution in [0, 0.1) is 0 Å². The van der Waals surface area contributed by atoms with Gasteiger partial charge in [0.05, 0.1) is 6.61 Å². The fraction of sp³-hybridized carbons (Fsp3) is 0.778. The molecule has 1 saturated heterocycles. The first-order valence-corrected chi connectivity index (χ1v) is 5.09. The van der Waals surface area contributed by atoms with Crippen molar-refractivity contribution in [2.75, 3.05) is 19.8 Å². The Morgan fingerprint density at radius 3 is 2.87 bits per heavy atom. The zero-order chi connectivity index (χ0) is 10.7. The molecular formula is C9H15N3O3. The van der Waals surface area contributed by atoms with E-state index in [1.807, 2.05) is 0 Å². The minimum absolute atomic E-state index is 0.185. The normalized spacial score (nSPS) is 20.4. The highest BCUT2D eigenvalue weighted by atomic mass is 16.5. The molecule has 1 aliphatic heterocycles. The van der Waals surface area contributed by atoms with E-state index >= 15 is 0 Å². The van der Waals surface area contributed by atoms with Crippen molar-refractivity contribution in [2.45, 2.75) is 24.8 Å². The predicted octanol–water partition coefficient (Wildman–Crippen LogP) is -0.0443. The highest BCUT2D eigenvalue weighted by molar-refractivity contribution is 4.98. The molecule has 2 heterocycles. The molecule has 84 valence electrons. The van der Waals surface area contributed by atoms with Crippen molar-refractivity contribution >= 4 is 0 Å². The van der Waals surface area contributed by atoms with Gasteiger partial charge >= 0.3 is 0 Å². The first-order valence-electron chi connectivity index (χ1n) is 5.09. The first kappa shape index (κ1) is 10.5. The van der Waals surface area contributed by atoms with Gasteiger partial charge in [-0.3, -0.25) is 0 Å². The quantitative estimate of drug-likeness (QED) is 0.731. The Kier molecular flexibility index (Phi) is 3.30. The number of nitrogens with zero attached hydrogens (tertiary/aromatic N) is 2. The van der Waals surface area contributed by atoms with Crippen LogP contribution in [0.25, 0.3) is 0 Å². The van der Waals surface area contributed by atoms with Crippen LogP contribution >= 0.6 is 0 Å². The third-order valence-electron chi connectivity index (χ3n) is 2.56. The van der Waals surface area contributed by atoms with Crippen LogP contribution in [0.5, 0.6) is 0 Å². The van der Waals surface area contributed by atoms with Crippen LogP contribution < -0.4 is 5.73 Å². The van der Waals surface area contributed by atoms with Gasteiger partial charge in [0.1, 0.15) is 6.04 Å². The maximum atomic E-state index is 8.84. The highest BCUT2D eigenvalue weighted by Gasteiger charge is 2.22. The lowest BCUT2D eigenvalue weighted by molar-refractivity contribution is 0.0830. The molecule has 1 aromatic rings. The molecule has 0 amide bonds. The molecular weight excluding hydrogens is 198 g/mol. The molecule has 0 aliphatic carbocycles. The molecule has 0 radical (unpaired) electrons. The largest absolute Gasteiger partial charge is 0.394 e. The molecule has 1 atom stereocenters. The summed E-state index contributed by atoms with van der Waals surface area (Å²) in [6, 6.07) is -0.578. The Balaban J connectivity index is 2.05. The lowest BCUT2D eigenvalue weighted by Gasteiger charge is -2.18. The summed E-state index contributed by atoms with van der Waals surface area (Å²) in [6.45, 7) is 1.29. The third-order valence-corrected chi connectivity index (χ3v) is 2.56. The molecule has 0 saturated carbocycles. The summed E-state index contributed by atoms with van der Waals surface area (Å²) >= 11 is 0. The second-order valence-electron chi connectivity index (χ2n) is 3.67. The summed E-state index contributed by atoms with van der Waals surface area (Å²) in [5, 5.41) is 12.7. The number of aromatic nitrogens is 2. The van der Waals surface area contributed by atoms with E-state index in [9.17, 15) is 0 Å². The van der Waals surface area contributed by atoms with Gasteiger partial charge in [0, 0.05) is 19.1 Å². The summed E-state index contributed by atoms with van der Waals surface area (Å²) in [6.07, 6.45) is 1.82. The molecule has 0 spiro atoms. The van der Waals surface area contributed by atoms with Crippen LogP contribution in [0.4, 0.5) is 0 Å². The summed E-state index contributed by atoms with van der Waals surface area (Å²) in [5.74, 6) is 1.28. The van der Waals surface area contributed by atoms with Crippen molar-refractivity contribution in [3.8, 4) is 0 Å². The number of rotatable bonds is 3. The highest BCUT2D eigenvalue weighted by Crippen LogP contribution is 2.24. The first-order chi connectivity index (χ1) is 7.31. The van der Waals surface area contributed by atoms with Gasteiger partial charge in [-0.25, -0.2) is 0 Å². The third kappa shape index (κ3) is 2.34. The van der Waals surface area contributed by atoms with E-state index in [1.165, 1.54) is 0 Å². The minimum Gasteiger partial charge on any atom is -0.394 e. The van der Waals surface area contributed by atoms with Gasteiger partial charge in [-0.15, -0.1) is 0 Å². The van der Waals surface area contributed by atoms with E-state index in [2.05, 4.69) is 10.1 Å². The van der Waals surface area contributed by atoms with Gasteiger partial charge in [0.2, 0.25) is 5.89 Å². The number of hydrogen-bond acceptors (Lipinski definition) is 6. The van der Waals surface area contributed by atoms with Gasteiger partial charge < -0.3 is 20.1 Å². The molecule has 2 rings (SSSR count). The molecule has 1 aromatic heterocycles. The van der Waals surface area contributed by atoms with E-state index in [0.717, 1.165) is 26.1 Å². The molecule has 1 aliphatic rings. The Hall–Kier alpha value is -0.980. The monoisotopic (exact) mass is 213 g/mol. The molecule has 0 bridgehead atoms. The van der Waals surface area contributed by atoms with Crippen molar-refractivity contribution < 1.29 is 14.4 Å². The number of aliphatic hydroxyl groups is 1. The summed E-state index contributed by atoms with van der Waals surface area (Å²) in [4.78, 5) is 4.19. The lowest BCUT2D eigenvalue weighted by atomic mass is 10.00. The predicted molar refractivity (Wildman–Crippen MR) is 51.1 cm³/mol. The van der Waals surface area contributed by atoms with Gasteiger partial charge in [0.25, 0.3) is 0 Å². The number of ether oxygens (including phenoxy) is 1. The van der Waals surface area contributed by atoms with Crippen LogP contribution in [0.1, 0.15) is 36.5 Å². The minimum atomic E-state index is -0.578. The SMILES string of the molecule is N[C@H](CO)c1nc(C2CCOCC2)no1. The molecule has 6 heteroatoms. The van der Waals surface area contributed by atoms with Gasteiger partial charge in [-0.05, 0) is 12.8 Å². The summed E-state index contributed by atoms with van der Waals surface area (Å²) < 4.78 is 10.2. The van der Waals surface area contributed by atoms with Crippen molar-refractivity contribution in [3.63, 3.8) is 0 Å². The van der Waals surface area contributed by atoms with Crippen molar-refractivity contribution in [1.82, 2.24) is 10.1 Å². The maximum Gasteiger partial charge on any atom is 0.245 e. The second-order valence-corrected chi connectivity index (χ2v) is 3.67. The molecule has 3 N–H and O–H groups in total. The molecule has 1 fully saturated rings. The number of nitrogens with two attached hydrogens (primary N) is 1. The van der Waals surface area contributed by atoms with Crippen molar-refractivity contribution in [2.24, 2.45) is 5.73 Å². The van der Waals surface area contributed by atoms with Crippen molar-refractivity contribution in [1.29, 1.82) is 0 Å². The zero-order valence-corrected chi connectivity index (χ0v) is 8.43. The van der Waals surface area contributed by atoms with Crippen LogP contribution in [0.3, 0.4) is 0 Å². The van der Waals surface area contributed by atoms with Crippen LogP contribution in [0.15, 0.2) is 4.52 Å². The zero-order valence-electron chi connectivity index (χ0n) is 8.43. The fourth-order valence-corrected chi connectivity index (χ4v) is 1.60. The van der Waals surface area contributed by atoms with Gasteiger partial charge in [0.15, 0.2) is 5.82 Å². The fourth-order valence-electron chi connectivity index (χ4n) is 1.60. The molecule has 15 heavy (non-hydrogen) atoms. The standard InChI is InChI=1S/C9H15N3O3/c10-7(5-13)9-11-8(12-15-9)6-1-3-14-4-2-6/h6-7,13H,1-5,10H2/t7-/m1/s1. The molecule has 0 unspecified atom stereocenters. The second kappa shape index (κ2) is 4.69. The van der Waals surface area contributed by atoms with E-state index < -0.39 is 6.04 Å². The number of aliphatic hydroxyl groups excluding tert-OH is 1. The van der Waals surface area contributed by atoms with Crippen LogP contribution in [0.2, 0.25) is 0 Å². The molecule has 6 nitrogen and oxygen atoms in total. The average molecular weight is 213 g/mol. The molecule has 0 aromatic carbocycles. The Labute approximate surface area is 87.4 Å². The van der Waals surface area contributed by atoms with E-state index in [1.54, 1.807) is 0 Å². The van der Waals surface area contributed by atoms with Gasteiger partial charge in [-0.1, -0.05) is 5.16 Å². The van der Waals surface area contributed by atoms with Gasteiger partial charge in [-0.2, -0.15) is 4.98 Å². The topological polar surface area (TPSA) is 94.4 Å². The Bertz CT molecular complexity index is 309. The Morgan fingerprint density at radius 1 is 1.47 bits per heavy atom.